The molecular formula is C23H27N3O3. The summed E-state index contributed by atoms with van der Waals surface area (Å²) in [5.41, 5.74) is 3.54. The molecule has 1 aromatic carbocycles. The van der Waals surface area contributed by atoms with Gasteiger partial charge in [0, 0.05) is 24.5 Å². The van der Waals surface area contributed by atoms with E-state index in [9.17, 15) is 14.7 Å². The van der Waals surface area contributed by atoms with Crippen LogP contribution < -0.4 is 0 Å². The van der Waals surface area contributed by atoms with Crippen LogP contribution in [0.2, 0.25) is 0 Å². The van der Waals surface area contributed by atoms with Crippen LogP contribution in [0.3, 0.4) is 0 Å². The van der Waals surface area contributed by atoms with E-state index in [4.69, 9.17) is 0 Å². The molecule has 6 nitrogen and oxygen atoms in total. The Morgan fingerprint density at radius 2 is 1.79 bits per heavy atom. The molecule has 0 aliphatic carbocycles. The van der Waals surface area contributed by atoms with E-state index >= 15 is 0 Å². The molecule has 2 aromatic rings. The van der Waals surface area contributed by atoms with Gasteiger partial charge >= 0.3 is 0 Å². The molecule has 0 saturated carbocycles. The number of aromatic nitrogens is 1. The van der Waals surface area contributed by atoms with Crippen LogP contribution in [0.15, 0.2) is 48.3 Å². The number of amides is 1. The monoisotopic (exact) mass is 393 g/mol. The maximum atomic E-state index is 12.9. The van der Waals surface area contributed by atoms with Crippen LogP contribution in [0.1, 0.15) is 34.7 Å². The number of aliphatic hydroxyl groups is 1. The Hall–Kier alpha value is -2.99. The molecular weight excluding hydrogens is 366 g/mol. The molecule has 152 valence electrons. The van der Waals surface area contributed by atoms with E-state index in [0.29, 0.717) is 12.1 Å². The lowest BCUT2D eigenvalue weighted by atomic mass is 9.95. The minimum Gasteiger partial charge on any atom is -0.507 e. The van der Waals surface area contributed by atoms with E-state index in [1.165, 1.54) is 0 Å². The van der Waals surface area contributed by atoms with E-state index in [-0.39, 0.29) is 11.3 Å². The molecule has 3 rings (SSSR count). The van der Waals surface area contributed by atoms with E-state index in [2.05, 4.69) is 4.98 Å². The predicted octanol–water partition coefficient (Wildman–Crippen LogP) is 3.07. The van der Waals surface area contributed by atoms with Crippen molar-refractivity contribution in [3.63, 3.8) is 0 Å². The molecule has 0 radical (unpaired) electrons. The molecule has 1 fully saturated rings. The topological polar surface area (TPSA) is 73.7 Å². The molecule has 1 aromatic heterocycles. The highest BCUT2D eigenvalue weighted by atomic mass is 16.3. The number of hydrogen-bond acceptors (Lipinski definition) is 5. The molecule has 1 aliphatic heterocycles. The normalized spacial score (nSPS) is 18.7. The Kier molecular flexibility index (Phi) is 6.13. The van der Waals surface area contributed by atoms with Gasteiger partial charge in [0.15, 0.2) is 0 Å². The number of likely N-dealkylation sites (tertiary alicyclic amines) is 1. The SMILES string of the molecule is Cc1ccc(/C(O)=C2/C(=O)C(=O)N(CCCN(C)C)C2c2ccncc2)cc1C. The lowest BCUT2D eigenvalue weighted by molar-refractivity contribution is -0.139. The predicted molar refractivity (Wildman–Crippen MR) is 112 cm³/mol. The second-order valence-electron chi connectivity index (χ2n) is 7.73. The standard InChI is InChI=1S/C23H27N3O3/c1-15-6-7-18(14-16(15)2)21(27)19-20(17-8-10-24-11-9-17)26(23(29)22(19)28)13-5-12-25(3)4/h6-11,14,20,27H,5,12-13H2,1-4H3/b21-19-. The molecule has 6 heteroatoms. The average molecular weight is 393 g/mol. The van der Waals surface area contributed by atoms with E-state index in [0.717, 1.165) is 29.7 Å². The van der Waals surface area contributed by atoms with Gasteiger partial charge in [0.05, 0.1) is 11.6 Å². The molecule has 0 spiro atoms. The van der Waals surface area contributed by atoms with Crippen molar-refractivity contribution in [2.75, 3.05) is 27.2 Å². The zero-order valence-electron chi connectivity index (χ0n) is 17.3. The highest BCUT2D eigenvalue weighted by molar-refractivity contribution is 6.46. The summed E-state index contributed by atoms with van der Waals surface area (Å²) in [4.78, 5) is 33.4. The number of hydrogen-bond donors (Lipinski definition) is 1. The van der Waals surface area contributed by atoms with Crippen LogP contribution in [-0.4, -0.2) is 58.8 Å². The summed E-state index contributed by atoms with van der Waals surface area (Å²) in [5, 5.41) is 11.0. The van der Waals surface area contributed by atoms with Crippen molar-refractivity contribution in [3.8, 4) is 0 Å². The van der Waals surface area contributed by atoms with Crippen LogP contribution in [0, 0.1) is 13.8 Å². The van der Waals surface area contributed by atoms with Crippen LogP contribution in [0.4, 0.5) is 0 Å². The number of carbonyl (C=O) groups is 2. The Morgan fingerprint density at radius 1 is 1.10 bits per heavy atom. The summed E-state index contributed by atoms with van der Waals surface area (Å²) in [6.07, 6.45) is 3.99. The minimum absolute atomic E-state index is 0.134. The van der Waals surface area contributed by atoms with Crippen molar-refractivity contribution in [2.45, 2.75) is 26.3 Å². The number of Topliss-reactive ketones (excluding diaryl/α,β-unsaturated/α-hetero) is 1. The number of ketones is 1. The van der Waals surface area contributed by atoms with E-state index in [1.54, 1.807) is 35.5 Å². The molecule has 1 amide bonds. The maximum Gasteiger partial charge on any atom is 0.295 e. The summed E-state index contributed by atoms with van der Waals surface area (Å²) >= 11 is 0. The summed E-state index contributed by atoms with van der Waals surface area (Å²) in [6.45, 7) is 5.16. The summed E-state index contributed by atoms with van der Waals surface area (Å²) in [5.74, 6) is -1.35. The van der Waals surface area contributed by atoms with Gasteiger partial charge in [0.1, 0.15) is 5.76 Å². The second kappa shape index (κ2) is 8.57. The van der Waals surface area contributed by atoms with Crippen molar-refractivity contribution in [3.05, 3.63) is 70.6 Å². The molecule has 29 heavy (non-hydrogen) atoms. The first-order chi connectivity index (χ1) is 13.8. The quantitative estimate of drug-likeness (QED) is 0.464. The fourth-order valence-corrected chi connectivity index (χ4v) is 3.60. The first-order valence-corrected chi connectivity index (χ1v) is 9.72. The third kappa shape index (κ3) is 4.22. The molecule has 1 N–H and O–H groups in total. The number of nitrogens with zero attached hydrogens (tertiary/aromatic N) is 3. The Balaban J connectivity index is 2.09. The number of pyridine rings is 1. The minimum atomic E-state index is -0.646. The number of aryl methyl sites for hydroxylation is 2. The average Bonchev–Trinajstić information content (AvgIpc) is 2.95. The first-order valence-electron chi connectivity index (χ1n) is 9.72. The maximum absolute atomic E-state index is 12.9. The van der Waals surface area contributed by atoms with Gasteiger partial charge in [-0.2, -0.15) is 0 Å². The Bertz CT molecular complexity index is 951. The number of aliphatic hydroxyl groups excluding tert-OH is 1. The zero-order chi connectivity index (χ0) is 21.1. The van der Waals surface area contributed by atoms with Gasteiger partial charge in [0.2, 0.25) is 0 Å². The van der Waals surface area contributed by atoms with Crippen LogP contribution in [0.25, 0.3) is 5.76 Å². The molecule has 0 bridgehead atoms. The number of benzene rings is 1. The Morgan fingerprint density at radius 3 is 2.41 bits per heavy atom. The van der Waals surface area contributed by atoms with Crippen molar-refractivity contribution in [2.24, 2.45) is 0 Å². The van der Waals surface area contributed by atoms with Gasteiger partial charge in [-0.15, -0.1) is 0 Å². The van der Waals surface area contributed by atoms with E-state index in [1.807, 2.05) is 45.0 Å². The first kappa shape index (κ1) is 20.7. The summed E-state index contributed by atoms with van der Waals surface area (Å²) < 4.78 is 0. The molecule has 1 aliphatic rings. The van der Waals surface area contributed by atoms with Crippen LogP contribution >= 0.6 is 0 Å². The van der Waals surface area contributed by atoms with Gasteiger partial charge in [-0.25, -0.2) is 0 Å². The van der Waals surface area contributed by atoms with Gasteiger partial charge in [-0.1, -0.05) is 12.1 Å². The summed E-state index contributed by atoms with van der Waals surface area (Å²) in [6, 6.07) is 8.46. The van der Waals surface area contributed by atoms with Gasteiger partial charge in [0.25, 0.3) is 11.7 Å². The third-order valence-electron chi connectivity index (χ3n) is 5.35. The largest absolute Gasteiger partial charge is 0.507 e. The lowest BCUT2D eigenvalue weighted by Gasteiger charge is -2.25. The molecule has 1 unspecified atom stereocenters. The number of rotatable bonds is 6. The van der Waals surface area contributed by atoms with Gasteiger partial charge in [-0.3, -0.25) is 14.6 Å². The fraction of sp³-hybridized carbons (Fsp3) is 0.348. The molecule has 2 heterocycles. The van der Waals surface area contributed by atoms with Gasteiger partial charge in [-0.05, 0) is 75.8 Å². The molecule has 1 saturated heterocycles. The summed E-state index contributed by atoms with van der Waals surface area (Å²) in [7, 11) is 3.93. The highest BCUT2D eigenvalue weighted by Crippen LogP contribution is 2.39. The van der Waals surface area contributed by atoms with Gasteiger partial charge < -0.3 is 14.9 Å². The van der Waals surface area contributed by atoms with Crippen LogP contribution in [-0.2, 0) is 9.59 Å². The lowest BCUT2D eigenvalue weighted by Crippen LogP contribution is -2.32. The van der Waals surface area contributed by atoms with Crippen molar-refractivity contribution in [1.82, 2.24) is 14.8 Å². The zero-order valence-corrected chi connectivity index (χ0v) is 17.3. The van der Waals surface area contributed by atoms with Crippen LogP contribution in [0.5, 0.6) is 0 Å². The molecule has 1 atom stereocenters. The second-order valence-corrected chi connectivity index (χ2v) is 7.73. The van der Waals surface area contributed by atoms with Crippen molar-refractivity contribution >= 4 is 17.4 Å². The third-order valence-corrected chi connectivity index (χ3v) is 5.35. The van der Waals surface area contributed by atoms with E-state index < -0.39 is 17.7 Å². The Labute approximate surface area is 171 Å². The van der Waals surface area contributed by atoms with Crippen molar-refractivity contribution in [1.29, 1.82) is 0 Å². The fourth-order valence-electron chi connectivity index (χ4n) is 3.60. The highest BCUT2D eigenvalue weighted by Gasteiger charge is 2.45. The smallest absolute Gasteiger partial charge is 0.295 e. The number of carbonyl (C=O) groups excluding carboxylic acids is 2. The van der Waals surface area contributed by atoms with Crippen molar-refractivity contribution < 1.29 is 14.7 Å².